The number of halogens is 3. The molecule has 2 aliphatic heterocycles. The number of alkyl halides is 3. The largest absolute Gasteiger partial charge is 0.436 e. The summed E-state index contributed by atoms with van der Waals surface area (Å²) in [4.78, 5) is 18.8. The lowest BCUT2D eigenvalue weighted by Gasteiger charge is -2.32. The van der Waals surface area contributed by atoms with Crippen molar-refractivity contribution < 1.29 is 22.4 Å². The van der Waals surface area contributed by atoms with Crippen molar-refractivity contribution in [2.24, 2.45) is 0 Å². The fraction of sp³-hybridized carbons (Fsp3) is 0.632. The molecule has 2 aromatic rings. The second-order valence-electron chi connectivity index (χ2n) is 7.75. The van der Waals surface area contributed by atoms with E-state index in [0.717, 1.165) is 11.1 Å². The molecular weight excluding hydrogens is 387 g/mol. The highest BCUT2D eigenvalue weighted by Crippen LogP contribution is 2.42. The van der Waals surface area contributed by atoms with Gasteiger partial charge in [0.1, 0.15) is 5.82 Å². The van der Waals surface area contributed by atoms with Crippen LogP contribution in [-0.4, -0.2) is 44.3 Å². The van der Waals surface area contributed by atoms with E-state index in [1.165, 1.54) is 0 Å². The van der Waals surface area contributed by atoms with Gasteiger partial charge in [0.05, 0.1) is 17.4 Å². The number of carbonyl (C=O) groups is 1. The highest BCUT2D eigenvalue weighted by atomic mass is 19.4. The number of amides is 1. The van der Waals surface area contributed by atoms with E-state index >= 15 is 0 Å². The van der Waals surface area contributed by atoms with Gasteiger partial charge >= 0.3 is 6.18 Å². The van der Waals surface area contributed by atoms with Crippen LogP contribution in [0.25, 0.3) is 0 Å². The van der Waals surface area contributed by atoms with Crippen LogP contribution in [0.2, 0.25) is 0 Å². The summed E-state index contributed by atoms with van der Waals surface area (Å²) in [5.41, 5.74) is 0.977. The van der Waals surface area contributed by atoms with Crippen molar-refractivity contribution in [3.63, 3.8) is 0 Å². The van der Waals surface area contributed by atoms with E-state index < -0.39 is 12.2 Å². The molecule has 1 N–H and O–H groups in total. The molecule has 0 aromatic carbocycles. The average molecular weight is 411 g/mol. The van der Waals surface area contributed by atoms with Crippen LogP contribution < -0.4 is 5.32 Å². The quantitative estimate of drug-likeness (QED) is 0.821. The summed E-state index contributed by atoms with van der Waals surface area (Å²) in [6.45, 7) is 5.73. The molecule has 0 aliphatic carbocycles. The summed E-state index contributed by atoms with van der Waals surface area (Å²) in [7, 11) is 0. The van der Waals surface area contributed by atoms with E-state index in [4.69, 9.17) is 4.42 Å². The number of nitrogens with zero attached hydrogens (tertiary/aromatic N) is 4. The van der Waals surface area contributed by atoms with Gasteiger partial charge in [-0.1, -0.05) is 6.92 Å². The molecule has 0 radical (unpaired) electrons. The van der Waals surface area contributed by atoms with Crippen molar-refractivity contribution in [3.05, 3.63) is 29.1 Å². The second-order valence-corrected chi connectivity index (χ2v) is 7.75. The van der Waals surface area contributed by atoms with Gasteiger partial charge in [-0.3, -0.25) is 4.79 Å². The van der Waals surface area contributed by atoms with Crippen molar-refractivity contribution in [1.29, 1.82) is 0 Å². The zero-order chi connectivity index (χ0) is 20.9. The first-order chi connectivity index (χ1) is 13.7. The van der Waals surface area contributed by atoms with Gasteiger partial charge in [0, 0.05) is 25.6 Å². The van der Waals surface area contributed by atoms with Crippen LogP contribution in [0.5, 0.6) is 0 Å². The minimum atomic E-state index is -4.38. The Balaban J connectivity index is 1.66. The highest BCUT2D eigenvalue weighted by Gasteiger charge is 2.46. The number of hydrogen-bond donors (Lipinski definition) is 1. The number of fused-ring (bicyclic) bond motifs is 1. The molecule has 1 fully saturated rings. The molecule has 0 spiro atoms. The van der Waals surface area contributed by atoms with Crippen LogP contribution in [0.15, 0.2) is 10.5 Å². The van der Waals surface area contributed by atoms with Gasteiger partial charge < -0.3 is 14.6 Å². The minimum absolute atomic E-state index is 0.0576. The molecule has 1 saturated heterocycles. The van der Waals surface area contributed by atoms with Crippen molar-refractivity contribution in [2.45, 2.75) is 70.8 Å². The lowest BCUT2D eigenvalue weighted by molar-refractivity contribution is -0.173. The Morgan fingerprint density at radius 2 is 2.14 bits per heavy atom. The predicted molar refractivity (Wildman–Crippen MR) is 98.6 cm³/mol. The van der Waals surface area contributed by atoms with Crippen molar-refractivity contribution in [2.75, 3.05) is 11.9 Å². The maximum Gasteiger partial charge on any atom is 0.410 e. The van der Waals surface area contributed by atoms with Crippen LogP contribution >= 0.6 is 0 Å². The second kappa shape index (κ2) is 7.07. The Bertz CT molecular complexity index is 920. The van der Waals surface area contributed by atoms with Crippen molar-refractivity contribution in [3.8, 4) is 0 Å². The van der Waals surface area contributed by atoms with Crippen LogP contribution in [-0.2, 0) is 0 Å². The molecule has 4 heterocycles. The van der Waals surface area contributed by atoms with Gasteiger partial charge in [-0.05, 0) is 32.6 Å². The molecule has 1 amide bonds. The van der Waals surface area contributed by atoms with Gasteiger partial charge in [0.2, 0.25) is 5.76 Å². The third-order valence-corrected chi connectivity index (χ3v) is 5.73. The fourth-order valence-corrected chi connectivity index (χ4v) is 4.28. The summed E-state index contributed by atoms with van der Waals surface area (Å²) >= 11 is 0. The number of aromatic nitrogens is 3. The Morgan fingerprint density at radius 3 is 2.76 bits per heavy atom. The van der Waals surface area contributed by atoms with E-state index in [9.17, 15) is 18.0 Å². The van der Waals surface area contributed by atoms with E-state index in [0.29, 0.717) is 42.5 Å². The molecule has 10 heteroatoms. The fourth-order valence-electron chi connectivity index (χ4n) is 4.28. The molecule has 2 aromatic heterocycles. The van der Waals surface area contributed by atoms with Gasteiger partial charge in [-0.25, -0.2) is 9.67 Å². The van der Waals surface area contributed by atoms with E-state index in [2.05, 4.69) is 15.4 Å². The summed E-state index contributed by atoms with van der Waals surface area (Å²) in [5, 5.41) is 7.45. The van der Waals surface area contributed by atoms with Crippen LogP contribution in [0.4, 0.5) is 19.0 Å². The number of nitrogens with one attached hydrogen (secondary N) is 1. The molecule has 3 atom stereocenters. The van der Waals surface area contributed by atoms with Crippen molar-refractivity contribution >= 4 is 11.7 Å². The molecule has 0 unspecified atom stereocenters. The average Bonchev–Trinajstić information content (AvgIpc) is 3.36. The zero-order valence-electron chi connectivity index (χ0n) is 16.6. The number of aryl methyl sites for hydroxylation is 2. The third kappa shape index (κ3) is 3.49. The Hall–Kier alpha value is -2.52. The number of likely N-dealkylation sites (tertiary alicyclic amines) is 1. The van der Waals surface area contributed by atoms with Crippen LogP contribution in [0.1, 0.15) is 72.5 Å². The van der Waals surface area contributed by atoms with Gasteiger partial charge in [-0.15, -0.1) is 0 Å². The maximum absolute atomic E-state index is 13.6. The van der Waals surface area contributed by atoms with E-state index in [1.807, 2.05) is 6.92 Å². The number of rotatable bonds is 3. The van der Waals surface area contributed by atoms with Gasteiger partial charge in [0.15, 0.2) is 11.9 Å². The summed E-state index contributed by atoms with van der Waals surface area (Å²) in [6, 6.07) is -0.668. The topological polar surface area (TPSA) is 76.2 Å². The molecule has 0 saturated carbocycles. The maximum atomic E-state index is 13.6. The van der Waals surface area contributed by atoms with Crippen LogP contribution in [0.3, 0.4) is 0 Å². The van der Waals surface area contributed by atoms with E-state index in [-0.39, 0.29) is 30.2 Å². The molecule has 29 heavy (non-hydrogen) atoms. The molecule has 2 aliphatic rings. The zero-order valence-corrected chi connectivity index (χ0v) is 16.6. The lowest BCUT2D eigenvalue weighted by atomic mass is 10.0. The number of anilines is 1. The summed E-state index contributed by atoms with van der Waals surface area (Å²) in [6.07, 6.45) is -2.46. The predicted octanol–water partition coefficient (Wildman–Crippen LogP) is 4.16. The Morgan fingerprint density at radius 1 is 1.38 bits per heavy atom. The number of oxazole rings is 1. The van der Waals surface area contributed by atoms with E-state index in [1.54, 1.807) is 24.8 Å². The number of hydrogen-bond acceptors (Lipinski definition) is 5. The monoisotopic (exact) mass is 411 g/mol. The van der Waals surface area contributed by atoms with Crippen LogP contribution in [0, 0.1) is 13.8 Å². The minimum Gasteiger partial charge on any atom is -0.436 e. The molecule has 4 rings (SSSR count). The van der Waals surface area contributed by atoms with Gasteiger partial charge in [0.25, 0.3) is 5.91 Å². The first kappa shape index (κ1) is 19.8. The molecule has 0 bridgehead atoms. The van der Waals surface area contributed by atoms with Gasteiger partial charge in [-0.2, -0.15) is 18.3 Å². The summed E-state index contributed by atoms with van der Waals surface area (Å²) in [5.74, 6) is 0.632. The third-order valence-electron chi connectivity index (χ3n) is 5.73. The smallest absolute Gasteiger partial charge is 0.410 e. The van der Waals surface area contributed by atoms with Crippen molar-refractivity contribution in [1.82, 2.24) is 19.7 Å². The lowest BCUT2D eigenvalue weighted by Crippen LogP contribution is -2.39. The highest BCUT2D eigenvalue weighted by molar-refractivity contribution is 5.93. The first-order valence-corrected chi connectivity index (χ1v) is 9.86. The molecule has 158 valence electrons. The number of carbonyl (C=O) groups excluding carboxylic acids is 1. The normalized spacial score (nSPS) is 24.5. The molecule has 7 nitrogen and oxygen atoms in total. The first-order valence-electron chi connectivity index (χ1n) is 9.86. The molecular formula is C19H24F3N5O2. The Kier molecular flexibility index (Phi) is 4.82. The SMILES string of the molecule is CC[C@@H]1C[C@H](C(F)(F)F)n2nc([C@@H]3CCCN3C(=O)c3oc(C)nc3C)cc2N1. The standard InChI is InChI=1S/C19H24F3N5O2/c1-4-12-8-15(19(20,21)22)27-16(24-12)9-13(25-27)14-6-5-7-26(14)18(28)17-10(2)23-11(3)29-17/h9,12,14-15,24H,4-8H2,1-3H3/t12-,14+,15-/m1/s1. The summed E-state index contributed by atoms with van der Waals surface area (Å²) < 4.78 is 47.3. The Labute approximate surface area is 166 Å².